The topological polar surface area (TPSA) is 63.7 Å². The second kappa shape index (κ2) is 8.27. The van der Waals surface area contributed by atoms with Crippen LogP contribution in [0, 0.1) is 0 Å². The van der Waals surface area contributed by atoms with Crippen LogP contribution >= 0.6 is 0 Å². The molecule has 0 saturated carbocycles. The fourth-order valence-corrected chi connectivity index (χ4v) is 3.37. The number of allylic oxidation sites excluding steroid dienone is 1. The Morgan fingerprint density at radius 2 is 1.79 bits per heavy atom. The molecule has 148 valence electrons. The van der Waals surface area contributed by atoms with E-state index in [0.717, 1.165) is 12.0 Å². The van der Waals surface area contributed by atoms with E-state index in [1.807, 2.05) is 24.3 Å². The van der Waals surface area contributed by atoms with Gasteiger partial charge >= 0.3 is 5.97 Å². The maximum absolute atomic E-state index is 13.3. The Kier molecular flexibility index (Phi) is 5.78. The lowest BCUT2D eigenvalue weighted by Crippen LogP contribution is -2.24. The van der Waals surface area contributed by atoms with Gasteiger partial charge in [0.2, 0.25) is 0 Å². The first-order valence-electron chi connectivity index (χ1n) is 9.43. The number of carbonyl (C=O) groups is 3. The average Bonchev–Trinajstić information content (AvgIpc) is 2.97. The van der Waals surface area contributed by atoms with Crippen molar-refractivity contribution in [3.8, 4) is 0 Å². The number of rotatable bonds is 5. The van der Waals surface area contributed by atoms with Crippen LogP contribution in [-0.2, 0) is 20.7 Å². The monoisotopic (exact) mass is 389 g/mol. The third-order valence-electron chi connectivity index (χ3n) is 5.00. The number of nitrogens with zero attached hydrogens (tertiary/aromatic N) is 1. The van der Waals surface area contributed by atoms with Gasteiger partial charge in [-0.05, 0) is 49.6 Å². The molecule has 5 heteroatoms. The van der Waals surface area contributed by atoms with Crippen LogP contribution in [0.1, 0.15) is 42.3 Å². The first-order chi connectivity index (χ1) is 13.9. The maximum Gasteiger partial charge on any atom is 0.340 e. The van der Waals surface area contributed by atoms with Gasteiger partial charge in [-0.15, -0.1) is 0 Å². The number of aryl methyl sites for hydroxylation is 1. The van der Waals surface area contributed by atoms with Gasteiger partial charge in [-0.2, -0.15) is 0 Å². The van der Waals surface area contributed by atoms with Gasteiger partial charge in [-0.25, -0.2) is 4.79 Å². The van der Waals surface area contributed by atoms with E-state index in [2.05, 4.69) is 6.92 Å². The Bertz CT molecular complexity index is 1040. The van der Waals surface area contributed by atoms with Crippen molar-refractivity contribution >= 4 is 29.4 Å². The zero-order valence-electron chi connectivity index (χ0n) is 17.0. The number of Topliss-reactive ketones (excluding diaryl/α,β-unsaturated/α-hetero) is 1. The Labute approximate surface area is 170 Å². The zero-order chi connectivity index (χ0) is 21.1. The Morgan fingerprint density at radius 1 is 1.10 bits per heavy atom. The van der Waals surface area contributed by atoms with E-state index >= 15 is 0 Å². The summed E-state index contributed by atoms with van der Waals surface area (Å²) in [6, 6.07) is 14.6. The molecule has 5 nitrogen and oxygen atoms in total. The normalized spacial score (nSPS) is 15.2. The molecule has 1 amide bonds. The molecule has 1 heterocycles. The van der Waals surface area contributed by atoms with E-state index in [9.17, 15) is 14.4 Å². The third kappa shape index (κ3) is 3.90. The molecule has 0 fully saturated rings. The summed E-state index contributed by atoms with van der Waals surface area (Å²) in [7, 11) is 1.29. The van der Waals surface area contributed by atoms with Crippen LogP contribution < -0.4 is 4.90 Å². The summed E-state index contributed by atoms with van der Waals surface area (Å²) in [6.07, 6.45) is 2.62. The number of ketones is 1. The van der Waals surface area contributed by atoms with E-state index in [0.29, 0.717) is 16.9 Å². The molecule has 0 radical (unpaired) electrons. The van der Waals surface area contributed by atoms with E-state index in [4.69, 9.17) is 4.74 Å². The molecule has 0 bridgehead atoms. The molecule has 1 aliphatic rings. The number of benzene rings is 2. The number of anilines is 1. The summed E-state index contributed by atoms with van der Waals surface area (Å²) in [5.41, 5.74) is 4.00. The van der Waals surface area contributed by atoms with Gasteiger partial charge in [-0.1, -0.05) is 43.3 Å². The summed E-state index contributed by atoms with van der Waals surface area (Å²) < 4.78 is 4.93. The van der Waals surface area contributed by atoms with E-state index < -0.39 is 5.97 Å². The van der Waals surface area contributed by atoms with Gasteiger partial charge in [0, 0.05) is 16.9 Å². The summed E-state index contributed by atoms with van der Waals surface area (Å²) in [5, 5.41) is 0. The molecule has 0 N–H and O–H groups in total. The lowest BCUT2D eigenvalue weighted by atomic mass is 10.0. The van der Waals surface area contributed by atoms with E-state index in [1.165, 1.54) is 24.5 Å². The minimum Gasteiger partial charge on any atom is -0.465 e. The predicted octanol–water partition coefficient (Wildman–Crippen LogP) is 4.33. The van der Waals surface area contributed by atoms with Crippen molar-refractivity contribution in [1.29, 1.82) is 0 Å². The number of amides is 1. The largest absolute Gasteiger partial charge is 0.465 e. The van der Waals surface area contributed by atoms with Crippen LogP contribution in [0.2, 0.25) is 0 Å². The van der Waals surface area contributed by atoms with Crippen molar-refractivity contribution in [2.24, 2.45) is 0 Å². The highest BCUT2D eigenvalue weighted by Crippen LogP contribution is 2.35. The lowest BCUT2D eigenvalue weighted by molar-refractivity contribution is -0.136. The molecular formula is C24H23NO4. The molecule has 0 aliphatic carbocycles. The Balaban J connectivity index is 2.11. The number of ether oxygens (including phenoxy) is 1. The molecule has 2 aromatic rings. The fourth-order valence-electron chi connectivity index (χ4n) is 3.37. The number of esters is 1. The molecule has 0 atom stereocenters. The first kappa shape index (κ1) is 20.3. The summed E-state index contributed by atoms with van der Waals surface area (Å²) in [5.74, 6) is -0.999. The summed E-state index contributed by atoms with van der Waals surface area (Å²) in [6.45, 7) is 5.24. The minimum absolute atomic E-state index is 0.0971. The molecule has 2 aromatic carbocycles. The zero-order valence-corrected chi connectivity index (χ0v) is 17.0. The highest BCUT2D eigenvalue weighted by atomic mass is 16.5. The van der Waals surface area contributed by atoms with Gasteiger partial charge < -0.3 is 4.74 Å². The van der Waals surface area contributed by atoms with Crippen molar-refractivity contribution in [1.82, 2.24) is 0 Å². The SMILES string of the molecule is CCc1ccc(/C=C2\C(=O)N(c3cccc(C(C)=O)c3)C(C)=C2C(=O)OC)cc1. The third-order valence-corrected chi connectivity index (χ3v) is 5.00. The van der Waals surface area contributed by atoms with Crippen molar-refractivity contribution in [2.45, 2.75) is 27.2 Å². The molecule has 0 spiro atoms. The lowest BCUT2D eigenvalue weighted by Gasteiger charge is -2.18. The van der Waals surface area contributed by atoms with Gasteiger partial charge in [0.25, 0.3) is 5.91 Å². The van der Waals surface area contributed by atoms with Gasteiger partial charge in [0.05, 0.1) is 18.3 Å². The number of carbonyl (C=O) groups excluding carboxylic acids is 3. The second-order valence-electron chi connectivity index (χ2n) is 6.85. The van der Waals surface area contributed by atoms with Crippen LogP contribution in [0.4, 0.5) is 5.69 Å². The van der Waals surface area contributed by atoms with Gasteiger partial charge in [0.15, 0.2) is 5.78 Å². The van der Waals surface area contributed by atoms with E-state index in [1.54, 1.807) is 37.3 Å². The van der Waals surface area contributed by atoms with Crippen LogP contribution in [-0.4, -0.2) is 24.8 Å². The van der Waals surface area contributed by atoms with Crippen molar-refractivity contribution in [2.75, 3.05) is 12.0 Å². The number of methoxy groups -OCH3 is 1. The standard InChI is InChI=1S/C24H23NO4/c1-5-17-9-11-18(12-10-17)13-21-22(24(28)29-4)15(2)25(23(21)27)20-8-6-7-19(14-20)16(3)26/h6-14H,5H2,1-4H3/b21-13-. The van der Waals surface area contributed by atoms with E-state index in [-0.39, 0.29) is 22.8 Å². The molecular weight excluding hydrogens is 366 g/mol. The molecule has 1 aliphatic heterocycles. The number of hydrogen-bond donors (Lipinski definition) is 0. The highest BCUT2D eigenvalue weighted by molar-refractivity contribution is 6.24. The Hall–Kier alpha value is -3.47. The molecule has 0 unspecified atom stereocenters. The van der Waals surface area contributed by atoms with Crippen LogP contribution in [0.5, 0.6) is 0 Å². The quantitative estimate of drug-likeness (QED) is 0.434. The van der Waals surface area contributed by atoms with Gasteiger partial charge in [-0.3, -0.25) is 14.5 Å². The summed E-state index contributed by atoms with van der Waals surface area (Å²) in [4.78, 5) is 38.9. The second-order valence-corrected chi connectivity index (χ2v) is 6.85. The Morgan fingerprint density at radius 3 is 2.38 bits per heavy atom. The smallest absolute Gasteiger partial charge is 0.340 e. The molecule has 0 saturated heterocycles. The fraction of sp³-hybridized carbons (Fsp3) is 0.208. The minimum atomic E-state index is -0.572. The highest BCUT2D eigenvalue weighted by Gasteiger charge is 2.38. The average molecular weight is 389 g/mol. The van der Waals surface area contributed by atoms with Crippen LogP contribution in [0.25, 0.3) is 6.08 Å². The predicted molar refractivity (Wildman–Crippen MR) is 112 cm³/mol. The van der Waals surface area contributed by atoms with Crippen molar-refractivity contribution < 1.29 is 19.1 Å². The molecule has 3 rings (SSSR count). The van der Waals surface area contributed by atoms with Crippen molar-refractivity contribution in [3.05, 3.63) is 82.1 Å². The van der Waals surface area contributed by atoms with Gasteiger partial charge in [0.1, 0.15) is 0 Å². The maximum atomic E-state index is 13.3. The van der Waals surface area contributed by atoms with Crippen molar-refractivity contribution in [3.63, 3.8) is 0 Å². The number of hydrogen-bond acceptors (Lipinski definition) is 4. The molecule has 29 heavy (non-hydrogen) atoms. The van der Waals surface area contributed by atoms with Crippen LogP contribution in [0.3, 0.4) is 0 Å². The molecule has 0 aromatic heterocycles. The summed E-state index contributed by atoms with van der Waals surface area (Å²) >= 11 is 0. The first-order valence-corrected chi connectivity index (χ1v) is 9.43. The van der Waals surface area contributed by atoms with Crippen LogP contribution in [0.15, 0.2) is 65.4 Å².